The lowest BCUT2D eigenvalue weighted by molar-refractivity contribution is 0.0452. The Bertz CT molecular complexity index is 1270. The number of fused-ring (bicyclic) bond motifs is 4. The van der Waals surface area contributed by atoms with E-state index in [0.29, 0.717) is 11.1 Å². The number of ether oxygens (including phenoxy) is 1. The van der Waals surface area contributed by atoms with E-state index in [1.807, 2.05) is 13.8 Å². The van der Waals surface area contributed by atoms with Crippen LogP contribution in [0.1, 0.15) is 24.3 Å². The molecule has 2 aromatic rings. The van der Waals surface area contributed by atoms with Crippen molar-refractivity contribution in [3.05, 3.63) is 62.5 Å². The number of benzene rings is 2. The van der Waals surface area contributed by atoms with E-state index in [1.165, 1.54) is 6.07 Å². The summed E-state index contributed by atoms with van der Waals surface area (Å²) in [5.74, 6) is -0.315. The molecule has 2 aliphatic rings. The Balaban J connectivity index is 1.97. The number of aromatic nitrogens is 2. The lowest BCUT2D eigenvalue weighted by atomic mass is 10.1. The van der Waals surface area contributed by atoms with Gasteiger partial charge in [0.1, 0.15) is 22.4 Å². The van der Waals surface area contributed by atoms with Crippen LogP contribution in [0.2, 0.25) is 0 Å². The number of aromatic amines is 1. The van der Waals surface area contributed by atoms with Crippen molar-refractivity contribution in [1.29, 1.82) is 0 Å². The Labute approximate surface area is 152 Å². The fourth-order valence-electron chi connectivity index (χ4n) is 2.86. The molecule has 7 heteroatoms. The SMILES string of the molecule is CC(C)COC(=O)c1cc(=O)c2c3nc4ccccc4oc-3cc(=O)c2[nH]1. The highest BCUT2D eigenvalue weighted by atomic mass is 16.5. The van der Waals surface area contributed by atoms with Crippen LogP contribution < -0.4 is 10.9 Å². The van der Waals surface area contributed by atoms with E-state index in [0.717, 1.165) is 6.07 Å². The van der Waals surface area contributed by atoms with Gasteiger partial charge < -0.3 is 14.1 Å². The summed E-state index contributed by atoms with van der Waals surface area (Å²) in [5.41, 5.74) is 0.312. The lowest BCUT2D eigenvalue weighted by Crippen LogP contribution is -2.19. The molecule has 0 amide bonds. The Morgan fingerprint density at radius 3 is 2.74 bits per heavy atom. The number of pyridine rings is 1. The first-order valence-corrected chi connectivity index (χ1v) is 8.51. The first-order chi connectivity index (χ1) is 12.9. The quantitative estimate of drug-likeness (QED) is 0.341. The molecule has 1 aromatic carbocycles. The predicted molar refractivity (Wildman–Crippen MR) is 100 cm³/mol. The number of esters is 1. The summed E-state index contributed by atoms with van der Waals surface area (Å²) in [7, 11) is 0. The molecular weight excluding hydrogens is 348 g/mol. The van der Waals surface area contributed by atoms with Crippen molar-refractivity contribution >= 4 is 28.0 Å². The van der Waals surface area contributed by atoms with Crippen LogP contribution in [0.25, 0.3) is 33.5 Å². The molecular formula is C20H16N2O5. The van der Waals surface area contributed by atoms with Crippen LogP contribution in [0.3, 0.4) is 0 Å². The fraction of sp³-hybridized carbons (Fsp3) is 0.200. The van der Waals surface area contributed by atoms with E-state index in [4.69, 9.17) is 9.15 Å². The molecule has 0 radical (unpaired) electrons. The topological polar surface area (TPSA) is 102 Å². The van der Waals surface area contributed by atoms with Crippen LogP contribution in [0.4, 0.5) is 0 Å². The molecule has 27 heavy (non-hydrogen) atoms. The van der Waals surface area contributed by atoms with E-state index in [1.54, 1.807) is 24.3 Å². The number of nitrogens with one attached hydrogen (secondary N) is 1. The Hall–Kier alpha value is -3.48. The monoisotopic (exact) mass is 364 g/mol. The summed E-state index contributed by atoms with van der Waals surface area (Å²) >= 11 is 0. The minimum absolute atomic E-state index is 0.00415. The van der Waals surface area contributed by atoms with Crippen LogP contribution in [0.15, 0.2) is 50.4 Å². The number of carbonyl (C=O) groups excluding carboxylic acids is 1. The minimum atomic E-state index is -0.682. The maximum atomic E-state index is 12.7. The van der Waals surface area contributed by atoms with Gasteiger partial charge >= 0.3 is 5.97 Å². The molecule has 2 heterocycles. The molecule has 1 N–H and O–H groups in total. The normalized spacial score (nSPS) is 11.5. The zero-order valence-electron chi connectivity index (χ0n) is 14.7. The smallest absolute Gasteiger partial charge is 0.354 e. The number of para-hydroxylation sites is 2. The highest BCUT2D eigenvalue weighted by molar-refractivity contribution is 5.97. The standard InChI is InChI=1S/C20H16N2O5/c1-10(2)9-26-20(25)12-7-13(23)17-18(22-12)14(24)8-16-19(17)21-11-5-3-4-6-15(11)27-16/h3-8,10H,9H2,1-2H3,(H,22,23). The third kappa shape index (κ3) is 2.97. The van der Waals surface area contributed by atoms with Crippen molar-refractivity contribution in [2.75, 3.05) is 6.61 Å². The molecule has 0 saturated carbocycles. The number of hydrogen-bond acceptors (Lipinski definition) is 6. The van der Waals surface area contributed by atoms with E-state index in [9.17, 15) is 14.4 Å². The molecule has 1 aliphatic heterocycles. The second-order valence-electron chi connectivity index (χ2n) is 6.69. The Kier molecular flexibility index (Phi) is 3.99. The summed E-state index contributed by atoms with van der Waals surface area (Å²) < 4.78 is 10.9. The van der Waals surface area contributed by atoms with E-state index >= 15 is 0 Å². The maximum absolute atomic E-state index is 12.7. The van der Waals surface area contributed by atoms with Gasteiger partial charge in [-0.25, -0.2) is 9.78 Å². The molecule has 4 rings (SSSR count). The summed E-state index contributed by atoms with van der Waals surface area (Å²) in [4.78, 5) is 44.6. The molecule has 0 unspecified atom stereocenters. The molecule has 0 fully saturated rings. The summed E-state index contributed by atoms with van der Waals surface area (Å²) in [6, 6.07) is 9.46. The molecule has 7 nitrogen and oxygen atoms in total. The molecule has 0 bridgehead atoms. The van der Waals surface area contributed by atoms with Crippen molar-refractivity contribution < 1.29 is 13.9 Å². The van der Waals surface area contributed by atoms with Gasteiger partial charge in [-0.15, -0.1) is 0 Å². The van der Waals surface area contributed by atoms with Gasteiger partial charge in [-0.3, -0.25) is 9.59 Å². The molecule has 136 valence electrons. The number of carbonyl (C=O) groups is 1. The molecule has 1 aliphatic carbocycles. The first kappa shape index (κ1) is 17.0. The zero-order chi connectivity index (χ0) is 19.1. The number of hydrogen-bond donors (Lipinski definition) is 1. The van der Waals surface area contributed by atoms with E-state index in [-0.39, 0.29) is 40.6 Å². The van der Waals surface area contributed by atoms with Crippen LogP contribution in [0.5, 0.6) is 0 Å². The third-order valence-corrected chi connectivity index (χ3v) is 4.10. The second kappa shape index (κ2) is 6.35. The van der Waals surface area contributed by atoms with Gasteiger partial charge in [-0.1, -0.05) is 26.0 Å². The summed E-state index contributed by atoms with van der Waals surface area (Å²) in [6.07, 6.45) is 0. The van der Waals surface area contributed by atoms with Gasteiger partial charge in [-0.05, 0) is 18.1 Å². The van der Waals surface area contributed by atoms with E-state index < -0.39 is 16.8 Å². The van der Waals surface area contributed by atoms with Crippen LogP contribution in [-0.2, 0) is 4.74 Å². The average Bonchev–Trinajstić information content (AvgIpc) is 2.64. The van der Waals surface area contributed by atoms with Crippen LogP contribution >= 0.6 is 0 Å². The van der Waals surface area contributed by atoms with Crippen LogP contribution in [-0.4, -0.2) is 22.5 Å². The Morgan fingerprint density at radius 1 is 1.19 bits per heavy atom. The number of H-pyrrole nitrogens is 1. The highest BCUT2D eigenvalue weighted by Crippen LogP contribution is 2.27. The predicted octanol–water partition coefficient (Wildman–Crippen LogP) is 2.95. The van der Waals surface area contributed by atoms with Gasteiger partial charge in [-0.2, -0.15) is 0 Å². The Morgan fingerprint density at radius 2 is 1.96 bits per heavy atom. The molecule has 1 aromatic heterocycles. The average molecular weight is 364 g/mol. The van der Waals surface area contributed by atoms with Gasteiger partial charge in [0.05, 0.1) is 12.0 Å². The second-order valence-corrected chi connectivity index (χ2v) is 6.69. The van der Waals surface area contributed by atoms with Crippen molar-refractivity contribution in [2.45, 2.75) is 13.8 Å². The summed E-state index contributed by atoms with van der Waals surface area (Å²) in [5, 5.41) is 0.0902. The third-order valence-electron chi connectivity index (χ3n) is 4.10. The number of nitrogens with zero attached hydrogens (tertiary/aromatic N) is 1. The fourth-order valence-corrected chi connectivity index (χ4v) is 2.86. The molecule has 0 spiro atoms. The van der Waals surface area contributed by atoms with E-state index in [2.05, 4.69) is 9.97 Å². The summed E-state index contributed by atoms with van der Waals surface area (Å²) in [6.45, 7) is 4.02. The highest BCUT2D eigenvalue weighted by Gasteiger charge is 2.21. The minimum Gasteiger partial charge on any atom is -0.461 e. The van der Waals surface area contributed by atoms with Gasteiger partial charge in [0.15, 0.2) is 16.8 Å². The molecule has 0 saturated heterocycles. The van der Waals surface area contributed by atoms with Crippen LogP contribution in [0, 0.1) is 5.92 Å². The van der Waals surface area contributed by atoms with Crippen molar-refractivity contribution in [3.8, 4) is 11.5 Å². The first-order valence-electron chi connectivity index (χ1n) is 8.51. The van der Waals surface area contributed by atoms with Crippen molar-refractivity contribution in [2.24, 2.45) is 5.92 Å². The maximum Gasteiger partial charge on any atom is 0.354 e. The zero-order valence-corrected chi connectivity index (χ0v) is 14.7. The number of rotatable bonds is 3. The van der Waals surface area contributed by atoms with Crippen molar-refractivity contribution in [3.63, 3.8) is 0 Å². The van der Waals surface area contributed by atoms with Gasteiger partial charge in [0, 0.05) is 12.1 Å². The molecule has 0 atom stereocenters. The van der Waals surface area contributed by atoms with Gasteiger partial charge in [0.25, 0.3) is 0 Å². The largest absolute Gasteiger partial charge is 0.461 e. The van der Waals surface area contributed by atoms with Crippen molar-refractivity contribution in [1.82, 2.24) is 9.97 Å². The van der Waals surface area contributed by atoms with Gasteiger partial charge in [0.2, 0.25) is 5.43 Å². The lowest BCUT2D eigenvalue weighted by Gasteiger charge is -2.10.